The van der Waals surface area contributed by atoms with Gasteiger partial charge in [0.05, 0.1) is 0 Å². The van der Waals surface area contributed by atoms with Gasteiger partial charge in [0.15, 0.2) is 8.69 Å². The molecule has 6 heavy (non-hydrogen) atoms. The van der Waals surface area contributed by atoms with Crippen molar-refractivity contribution in [2.45, 2.75) is 11.0 Å². The van der Waals surface area contributed by atoms with Gasteiger partial charge in [-0.25, -0.2) is 0 Å². The van der Waals surface area contributed by atoms with E-state index in [0.717, 1.165) is 0 Å². The van der Waals surface area contributed by atoms with E-state index in [4.69, 9.17) is 9.46 Å². The van der Waals surface area contributed by atoms with Crippen molar-refractivity contribution in [1.29, 1.82) is 0 Å². The first kappa shape index (κ1) is 9.94. The van der Waals surface area contributed by atoms with Crippen molar-refractivity contribution >= 4 is 8.69 Å². The Bertz CT molecular complexity index is 25.5. The summed E-state index contributed by atoms with van der Waals surface area (Å²) in [7, 11) is -1.50. The Kier molecular flexibility index (Phi) is 28.2. The number of hydrogen-bond acceptors (Lipinski definition) is 1. The Hall–Kier alpha value is 0.813. The van der Waals surface area contributed by atoms with E-state index in [1.54, 1.807) is 0 Å². The maximum absolute atomic E-state index is 8.57. The molecule has 0 aliphatic carbocycles. The first-order chi connectivity index (χ1) is 2.83. The molecule has 0 heterocycles. The van der Waals surface area contributed by atoms with Gasteiger partial charge < -0.3 is 4.89 Å². The molecule has 36 valence electrons. The second kappa shape index (κ2) is 17.0. The van der Waals surface area contributed by atoms with Crippen LogP contribution in [0.4, 0.5) is 0 Å². The number of rotatable bonds is 0. The molecule has 0 saturated heterocycles. The van der Waals surface area contributed by atoms with Gasteiger partial charge >= 0.3 is 28.2 Å². The Morgan fingerprint density at radius 3 is 1.67 bits per heavy atom. The number of hydrogen-bond donors (Lipinski definition) is 1. The van der Waals surface area contributed by atoms with Crippen molar-refractivity contribution < 1.29 is 26.6 Å². The molecular formula is C2H9O2PZn. The summed E-state index contributed by atoms with van der Waals surface area (Å²) in [5.41, 5.74) is 4.62. The van der Waals surface area contributed by atoms with Gasteiger partial charge in [0.1, 0.15) is 0 Å². The van der Waals surface area contributed by atoms with Crippen LogP contribution in [0.25, 0.3) is 0 Å². The SMILES string of the molecule is O=[PH2]O.[CH3][Zn][CH3]. The van der Waals surface area contributed by atoms with Crippen LogP contribution in [0, 0.1) is 0 Å². The molecule has 0 aromatic rings. The topological polar surface area (TPSA) is 37.3 Å². The average molecular weight is 161 g/mol. The van der Waals surface area contributed by atoms with Crippen LogP contribution in [0.5, 0.6) is 0 Å². The van der Waals surface area contributed by atoms with Crippen LogP contribution in [-0.2, 0) is 21.7 Å². The van der Waals surface area contributed by atoms with E-state index < -0.39 is 8.69 Å². The fourth-order valence-corrected chi connectivity index (χ4v) is 0. The monoisotopic (exact) mass is 160 g/mol. The van der Waals surface area contributed by atoms with E-state index in [1.807, 2.05) is 0 Å². The third-order valence-corrected chi connectivity index (χ3v) is 0. The molecule has 0 amide bonds. The van der Waals surface area contributed by atoms with E-state index in [-0.39, 0.29) is 17.1 Å². The van der Waals surface area contributed by atoms with Crippen LogP contribution in [0.15, 0.2) is 0 Å². The van der Waals surface area contributed by atoms with Crippen molar-refractivity contribution in [1.82, 2.24) is 0 Å². The second-order valence-corrected chi connectivity index (χ2v) is 3.99. The molecule has 0 rings (SSSR count). The van der Waals surface area contributed by atoms with Gasteiger partial charge in [-0.3, -0.25) is 4.57 Å². The first-order valence-corrected chi connectivity index (χ1v) is 8.83. The predicted octanol–water partition coefficient (Wildman–Crippen LogP) is 0.815. The summed E-state index contributed by atoms with van der Waals surface area (Å²) in [6, 6.07) is 0. The van der Waals surface area contributed by atoms with E-state index in [0.29, 0.717) is 0 Å². The molecule has 0 aromatic carbocycles. The molecule has 0 radical (unpaired) electrons. The minimum absolute atomic E-state index is 0.125. The van der Waals surface area contributed by atoms with Crippen molar-refractivity contribution in [3.8, 4) is 0 Å². The van der Waals surface area contributed by atoms with Crippen molar-refractivity contribution in [3.05, 3.63) is 0 Å². The van der Waals surface area contributed by atoms with Crippen LogP contribution < -0.4 is 0 Å². The zero-order valence-corrected chi connectivity index (χ0v) is 8.26. The van der Waals surface area contributed by atoms with Gasteiger partial charge in [-0.05, 0) is 0 Å². The van der Waals surface area contributed by atoms with Crippen LogP contribution >= 0.6 is 8.69 Å². The van der Waals surface area contributed by atoms with Crippen LogP contribution in [0.3, 0.4) is 0 Å². The molecule has 1 atom stereocenters. The van der Waals surface area contributed by atoms with Gasteiger partial charge in [-0.2, -0.15) is 0 Å². The van der Waals surface area contributed by atoms with E-state index in [2.05, 4.69) is 11.0 Å². The molecule has 0 aliphatic rings. The molecule has 0 fully saturated rings. The van der Waals surface area contributed by atoms with Crippen molar-refractivity contribution in [2.75, 3.05) is 0 Å². The quantitative estimate of drug-likeness (QED) is 0.422. The Morgan fingerprint density at radius 1 is 1.67 bits per heavy atom. The zero-order valence-electron chi connectivity index (χ0n) is 4.14. The second-order valence-electron chi connectivity index (χ2n) is 0.813. The molecule has 2 nitrogen and oxygen atoms in total. The van der Waals surface area contributed by atoms with Crippen LogP contribution in [-0.4, -0.2) is 4.89 Å². The summed E-state index contributed by atoms with van der Waals surface area (Å²) in [6.45, 7) is 0. The zero-order chi connectivity index (χ0) is 5.41. The third kappa shape index (κ3) is 106. The fraction of sp³-hybridized carbons (Fsp3) is 1.00. The van der Waals surface area contributed by atoms with E-state index in [1.165, 1.54) is 0 Å². The molecule has 0 aliphatic heterocycles. The van der Waals surface area contributed by atoms with Gasteiger partial charge in [0.2, 0.25) is 0 Å². The maximum atomic E-state index is 8.57. The molecule has 0 bridgehead atoms. The van der Waals surface area contributed by atoms with E-state index in [9.17, 15) is 0 Å². The minimum atomic E-state index is -1.50. The molecular weight excluding hydrogens is 152 g/mol. The predicted molar refractivity (Wildman–Crippen MR) is 24.3 cm³/mol. The normalized spacial score (nSPS) is 6.50. The van der Waals surface area contributed by atoms with E-state index >= 15 is 0 Å². The molecule has 4 heteroatoms. The van der Waals surface area contributed by atoms with Gasteiger partial charge in [0, 0.05) is 0 Å². The summed E-state index contributed by atoms with van der Waals surface area (Å²) < 4.78 is 8.57. The summed E-state index contributed by atoms with van der Waals surface area (Å²) in [5, 5.41) is 0. The Balaban J connectivity index is 0. The summed E-state index contributed by atoms with van der Waals surface area (Å²) in [4.78, 5) is 7.10. The van der Waals surface area contributed by atoms with Gasteiger partial charge in [-0.1, -0.05) is 0 Å². The average Bonchev–Trinajstić information content (AvgIpc) is 1.39. The van der Waals surface area contributed by atoms with Gasteiger partial charge in [0.25, 0.3) is 0 Å². The summed E-state index contributed by atoms with van der Waals surface area (Å²) in [6.07, 6.45) is 0. The summed E-state index contributed by atoms with van der Waals surface area (Å²) in [5.74, 6) is 0. The van der Waals surface area contributed by atoms with Crippen molar-refractivity contribution in [3.63, 3.8) is 0 Å². The fourth-order valence-electron chi connectivity index (χ4n) is 0. The Labute approximate surface area is 46.8 Å². The summed E-state index contributed by atoms with van der Waals surface area (Å²) >= 11 is 0.125. The molecule has 0 aromatic heterocycles. The molecule has 0 spiro atoms. The standard InChI is InChI=1S/2CH3.H3O2P.Zn/c;;1-3-2;/h2*1H3;3H2,(H,1,2);. The van der Waals surface area contributed by atoms with Crippen LogP contribution in [0.1, 0.15) is 0 Å². The van der Waals surface area contributed by atoms with Gasteiger partial charge in [-0.15, -0.1) is 0 Å². The molecule has 1 N–H and O–H groups in total. The Morgan fingerprint density at radius 2 is 1.67 bits per heavy atom. The van der Waals surface area contributed by atoms with Crippen molar-refractivity contribution in [2.24, 2.45) is 0 Å². The third-order valence-electron chi connectivity index (χ3n) is 0. The first-order valence-electron chi connectivity index (χ1n) is 1.91. The molecule has 1 unspecified atom stereocenters. The van der Waals surface area contributed by atoms with Crippen LogP contribution in [0.2, 0.25) is 11.0 Å². The molecule has 0 saturated carbocycles.